The Morgan fingerprint density at radius 1 is 1.26 bits per heavy atom. The lowest BCUT2D eigenvalue weighted by Crippen LogP contribution is -2.24. The van der Waals surface area contributed by atoms with Gasteiger partial charge in [0.25, 0.3) is 0 Å². The van der Waals surface area contributed by atoms with Crippen LogP contribution < -0.4 is 16.6 Å². The maximum absolute atomic E-state index is 10.2. The topological polar surface area (TPSA) is 91.9 Å². The summed E-state index contributed by atoms with van der Waals surface area (Å²) >= 11 is 0. The first-order valence-corrected chi connectivity index (χ1v) is 6.00. The van der Waals surface area contributed by atoms with E-state index < -0.39 is 6.04 Å². The fourth-order valence-electron chi connectivity index (χ4n) is 1.19. The third-order valence-corrected chi connectivity index (χ3v) is 2.28. The Labute approximate surface area is 112 Å². The van der Waals surface area contributed by atoms with Gasteiger partial charge in [0.15, 0.2) is 0 Å². The van der Waals surface area contributed by atoms with Crippen molar-refractivity contribution < 1.29 is 4.79 Å². The van der Waals surface area contributed by atoms with E-state index in [1.165, 1.54) is 5.56 Å². The molecule has 0 aromatic heterocycles. The van der Waals surface area contributed by atoms with Gasteiger partial charge in [-0.05, 0) is 12.5 Å². The van der Waals surface area contributed by atoms with E-state index in [2.05, 4.69) is 21.1 Å². The number of rotatable bonds is 8. The number of benzene rings is 1. The molecular formula is C13H19N5O. The van der Waals surface area contributed by atoms with Crippen LogP contribution in [-0.2, 0) is 4.79 Å². The molecule has 0 radical (unpaired) electrons. The van der Waals surface area contributed by atoms with Gasteiger partial charge >= 0.3 is 0 Å². The van der Waals surface area contributed by atoms with Crippen LogP contribution in [0.3, 0.4) is 0 Å². The predicted molar refractivity (Wildman–Crippen MR) is 77.1 cm³/mol. The average molecular weight is 261 g/mol. The summed E-state index contributed by atoms with van der Waals surface area (Å²) < 4.78 is 0. The van der Waals surface area contributed by atoms with Crippen molar-refractivity contribution in [3.05, 3.63) is 35.4 Å². The zero-order valence-electron chi connectivity index (χ0n) is 10.9. The van der Waals surface area contributed by atoms with Crippen LogP contribution in [0.4, 0.5) is 0 Å². The van der Waals surface area contributed by atoms with E-state index in [9.17, 15) is 4.79 Å². The second-order valence-corrected chi connectivity index (χ2v) is 4.01. The molecule has 1 aromatic rings. The highest BCUT2D eigenvalue weighted by Gasteiger charge is 1.94. The fraction of sp³-hybridized carbons (Fsp3) is 0.308. The first kappa shape index (κ1) is 14.8. The summed E-state index contributed by atoms with van der Waals surface area (Å²) in [7, 11) is 0. The summed E-state index contributed by atoms with van der Waals surface area (Å²) in [6.07, 6.45) is 4.40. The van der Waals surface area contributed by atoms with E-state index in [0.717, 1.165) is 5.56 Å². The number of hydrogen-bond acceptors (Lipinski definition) is 6. The van der Waals surface area contributed by atoms with E-state index in [1.807, 2.05) is 31.2 Å². The zero-order chi connectivity index (χ0) is 13.9. The summed E-state index contributed by atoms with van der Waals surface area (Å²) in [4.78, 5) is 10.2. The molecule has 6 heteroatoms. The van der Waals surface area contributed by atoms with Gasteiger partial charge < -0.3 is 10.5 Å². The van der Waals surface area contributed by atoms with Crippen LogP contribution in [0.15, 0.2) is 34.5 Å². The van der Waals surface area contributed by atoms with Crippen molar-refractivity contribution in [2.24, 2.45) is 15.9 Å². The van der Waals surface area contributed by atoms with Crippen molar-refractivity contribution in [1.29, 1.82) is 0 Å². The number of carbonyl (C=O) groups is 1. The molecule has 1 unspecified atom stereocenters. The van der Waals surface area contributed by atoms with Gasteiger partial charge in [-0.1, -0.05) is 29.8 Å². The number of hydrazone groups is 2. The number of hydrogen-bond donors (Lipinski definition) is 3. The average Bonchev–Trinajstić information content (AvgIpc) is 2.43. The van der Waals surface area contributed by atoms with Gasteiger partial charge in [0.2, 0.25) is 0 Å². The second kappa shape index (κ2) is 8.82. The number of nitrogens with one attached hydrogen (secondary N) is 2. The maximum Gasteiger partial charge on any atom is 0.137 e. The smallest absolute Gasteiger partial charge is 0.137 e. The largest absolute Gasteiger partial charge is 0.321 e. The molecule has 0 aliphatic heterocycles. The van der Waals surface area contributed by atoms with Gasteiger partial charge in [-0.25, -0.2) is 0 Å². The minimum atomic E-state index is -0.488. The molecule has 0 spiro atoms. The molecule has 1 atom stereocenters. The molecule has 0 amide bonds. The van der Waals surface area contributed by atoms with Crippen LogP contribution in [0.2, 0.25) is 0 Å². The van der Waals surface area contributed by atoms with E-state index in [4.69, 9.17) is 5.73 Å². The monoisotopic (exact) mass is 261 g/mol. The van der Waals surface area contributed by atoms with Gasteiger partial charge in [0.05, 0.1) is 12.3 Å². The van der Waals surface area contributed by atoms with E-state index in [-0.39, 0.29) is 0 Å². The molecule has 4 N–H and O–H groups in total. The highest BCUT2D eigenvalue weighted by atomic mass is 16.1. The first-order chi connectivity index (χ1) is 9.22. The third-order valence-electron chi connectivity index (χ3n) is 2.28. The molecule has 1 rings (SSSR count). The zero-order valence-corrected chi connectivity index (χ0v) is 10.9. The van der Waals surface area contributed by atoms with Crippen molar-refractivity contribution in [3.63, 3.8) is 0 Å². The highest BCUT2D eigenvalue weighted by molar-refractivity contribution is 5.79. The van der Waals surface area contributed by atoms with Crippen molar-refractivity contribution in [3.8, 4) is 0 Å². The van der Waals surface area contributed by atoms with E-state index >= 15 is 0 Å². The van der Waals surface area contributed by atoms with Gasteiger partial charge in [0.1, 0.15) is 13.0 Å². The van der Waals surface area contributed by atoms with Crippen LogP contribution >= 0.6 is 0 Å². The Morgan fingerprint density at radius 2 is 1.95 bits per heavy atom. The lowest BCUT2D eigenvalue weighted by molar-refractivity contribution is -0.108. The van der Waals surface area contributed by atoms with Crippen LogP contribution in [-0.4, -0.2) is 31.4 Å². The lowest BCUT2D eigenvalue weighted by Gasteiger charge is -2.00. The molecule has 0 heterocycles. The van der Waals surface area contributed by atoms with Crippen molar-refractivity contribution in [2.75, 3.05) is 6.67 Å². The summed E-state index contributed by atoms with van der Waals surface area (Å²) in [5.41, 5.74) is 13.2. The summed E-state index contributed by atoms with van der Waals surface area (Å²) in [5, 5.41) is 7.89. The quantitative estimate of drug-likeness (QED) is 0.207. The molecule has 0 aliphatic carbocycles. The molecule has 0 bridgehead atoms. The number of aldehydes is 1. The van der Waals surface area contributed by atoms with Crippen LogP contribution in [0, 0.1) is 6.92 Å². The molecule has 6 nitrogen and oxygen atoms in total. The molecule has 19 heavy (non-hydrogen) atoms. The Morgan fingerprint density at radius 3 is 2.63 bits per heavy atom. The Bertz CT molecular complexity index is 427. The number of aryl methyl sites for hydroxylation is 1. The van der Waals surface area contributed by atoms with Crippen molar-refractivity contribution >= 4 is 18.7 Å². The lowest BCUT2D eigenvalue weighted by atomic mass is 10.2. The molecule has 0 saturated heterocycles. The molecular weight excluding hydrogens is 242 g/mol. The molecule has 0 saturated carbocycles. The van der Waals surface area contributed by atoms with Gasteiger partial charge in [-0.2, -0.15) is 10.2 Å². The minimum absolute atomic E-state index is 0.398. The normalized spacial score (nSPS) is 12.7. The molecule has 0 fully saturated rings. The molecule has 0 aliphatic rings. The number of nitrogens with zero attached hydrogens (tertiary/aromatic N) is 2. The summed E-state index contributed by atoms with van der Waals surface area (Å²) in [6.45, 7) is 2.44. The summed E-state index contributed by atoms with van der Waals surface area (Å²) in [6, 6.07) is 7.55. The van der Waals surface area contributed by atoms with E-state index in [0.29, 0.717) is 19.4 Å². The highest BCUT2D eigenvalue weighted by Crippen LogP contribution is 1.99. The number of nitrogens with two attached hydrogens (primary N) is 1. The van der Waals surface area contributed by atoms with Crippen LogP contribution in [0.1, 0.15) is 17.5 Å². The second-order valence-electron chi connectivity index (χ2n) is 4.01. The minimum Gasteiger partial charge on any atom is -0.321 e. The van der Waals surface area contributed by atoms with Crippen molar-refractivity contribution in [2.45, 2.75) is 19.4 Å². The van der Waals surface area contributed by atoms with Gasteiger partial charge in [-0.3, -0.25) is 10.9 Å². The van der Waals surface area contributed by atoms with Crippen molar-refractivity contribution in [1.82, 2.24) is 10.9 Å². The Hall–Kier alpha value is -2.21. The SMILES string of the molecule is Cc1ccc(/C=N/NCN/N=C/CC(N)C=O)cc1. The molecule has 1 aromatic carbocycles. The fourth-order valence-corrected chi connectivity index (χ4v) is 1.19. The van der Waals surface area contributed by atoms with Crippen LogP contribution in [0.25, 0.3) is 0 Å². The van der Waals surface area contributed by atoms with Crippen LogP contribution in [0.5, 0.6) is 0 Å². The molecule has 102 valence electrons. The summed E-state index contributed by atoms with van der Waals surface area (Å²) in [5.74, 6) is 0. The Balaban J connectivity index is 2.13. The predicted octanol–water partition coefficient (Wildman–Crippen LogP) is 0.368. The van der Waals surface area contributed by atoms with E-state index in [1.54, 1.807) is 12.4 Å². The third kappa shape index (κ3) is 6.95. The Kier molecular flexibility index (Phi) is 6.89. The van der Waals surface area contributed by atoms with Gasteiger partial charge in [-0.15, -0.1) is 0 Å². The van der Waals surface area contributed by atoms with Gasteiger partial charge in [0, 0.05) is 12.6 Å². The number of carbonyl (C=O) groups excluding carboxylic acids is 1. The maximum atomic E-state index is 10.2. The standard InChI is InChI=1S/C13H19N5O/c1-11-2-4-12(5-3-11)8-16-18-10-17-15-7-6-13(14)9-19/h2-5,7-9,13,17-18H,6,10,14H2,1H3/b15-7+,16-8+. The first-order valence-electron chi connectivity index (χ1n) is 6.00.